The molecule has 0 amide bonds. The Labute approximate surface area is 96.5 Å². The first-order valence-electron chi connectivity index (χ1n) is 5.51. The zero-order chi connectivity index (χ0) is 12.3. The van der Waals surface area contributed by atoms with Crippen LogP contribution in [0.1, 0.15) is 26.7 Å². The van der Waals surface area contributed by atoms with Crippen LogP contribution in [0.15, 0.2) is 0 Å². The van der Waals surface area contributed by atoms with E-state index in [-0.39, 0.29) is 12.2 Å². The summed E-state index contributed by atoms with van der Waals surface area (Å²) in [5.41, 5.74) is 0. The van der Waals surface area contributed by atoms with Crippen LogP contribution in [0.3, 0.4) is 0 Å². The molecule has 2 unspecified atom stereocenters. The zero-order valence-electron chi connectivity index (χ0n) is 9.72. The van der Waals surface area contributed by atoms with E-state index in [4.69, 9.17) is 5.11 Å². The van der Waals surface area contributed by atoms with Gasteiger partial charge < -0.3 is 5.11 Å². The minimum Gasteiger partial charge on any atom is -0.481 e. The Hall–Kier alpha value is -0.620. The van der Waals surface area contributed by atoms with Crippen LogP contribution >= 0.6 is 0 Å². The molecule has 0 aliphatic carbocycles. The van der Waals surface area contributed by atoms with E-state index < -0.39 is 16.0 Å². The molecule has 1 aliphatic heterocycles. The van der Waals surface area contributed by atoms with Crippen LogP contribution in [0.4, 0.5) is 0 Å². The quantitative estimate of drug-likeness (QED) is 0.798. The second-order valence-corrected chi connectivity index (χ2v) is 6.81. The van der Waals surface area contributed by atoms with E-state index in [9.17, 15) is 13.2 Å². The van der Waals surface area contributed by atoms with Gasteiger partial charge in [-0.25, -0.2) is 12.7 Å². The number of carboxylic acid groups (broad SMARTS) is 1. The van der Waals surface area contributed by atoms with Crippen molar-refractivity contribution in [3.63, 3.8) is 0 Å². The van der Waals surface area contributed by atoms with Crippen molar-refractivity contribution in [3.05, 3.63) is 0 Å². The minimum atomic E-state index is -3.39. The lowest BCUT2D eigenvalue weighted by Gasteiger charge is -2.33. The average Bonchev–Trinajstić information content (AvgIpc) is 2.13. The summed E-state index contributed by atoms with van der Waals surface area (Å²) >= 11 is 0. The van der Waals surface area contributed by atoms with Crippen LogP contribution in [0.2, 0.25) is 0 Å². The fraction of sp³-hybridized carbons (Fsp3) is 0.900. The number of nitrogens with zero attached hydrogens (tertiary/aromatic N) is 1. The summed E-state index contributed by atoms with van der Waals surface area (Å²) in [7, 11) is -3.39. The summed E-state index contributed by atoms with van der Waals surface area (Å²) in [6.45, 7) is 5.09. The molecule has 1 rings (SSSR count). The topological polar surface area (TPSA) is 74.7 Å². The Kier molecular flexibility index (Phi) is 4.32. The van der Waals surface area contributed by atoms with Gasteiger partial charge in [-0.2, -0.15) is 0 Å². The molecule has 1 fully saturated rings. The minimum absolute atomic E-state index is 0.290. The number of aliphatic carboxylic acids is 1. The highest BCUT2D eigenvalue weighted by Crippen LogP contribution is 2.23. The van der Waals surface area contributed by atoms with Crippen LogP contribution < -0.4 is 0 Å². The van der Waals surface area contributed by atoms with E-state index in [2.05, 4.69) is 0 Å². The monoisotopic (exact) mass is 249 g/mol. The second-order valence-electron chi connectivity index (χ2n) is 4.72. The number of carboxylic acids is 1. The van der Waals surface area contributed by atoms with Crippen LogP contribution in [0.25, 0.3) is 0 Å². The summed E-state index contributed by atoms with van der Waals surface area (Å²) in [6, 6.07) is 0. The number of piperidine rings is 1. The van der Waals surface area contributed by atoms with Gasteiger partial charge >= 0.3 is 5.97 Å². The molecular formula is C10H19NO4S. The lowest BCUT2D eigenvalue weighted by Crippen LogP contribution is -2.43. The van der Waals surface area contributed by atoms with Crippen molar-refractivity contribution in [1.29, 1.82) is 0 Å². The summed E-state index contributed by atoms with van der Waals surface area (Å²) in [5, 5.41) is 8.50. The zero-order valence-corrected chi connectivity index (χ0v) is 10.5. The maximum Gasteiger partial charge on any atom is 0.304 e. The number of sulfonamides is 1. The van der Waals surface area contributed by atoms with Gasteiger partial charge in [-0.3, -0.25) is 4.79 Å². The Bertz CT molecular complexity index is 342. The Morgan fingerprint density at radius 3 is 2.25 bits per heavy atom. The summed E-state index contributed by atoms with van der Waals surface area (Å²) < 4.78 is 25.1. The van der Waals surface area contributed by atoms with Crippen molar-refractivity contribution in [1.82, 2.24) is 4.31 Å². The highest BCUT2D eigenvalue weighted by atomic mass is 32.2. The van der Waals surface area contributed by atoms with Crippen LogP contribution in [-0.2, 0) is 14.8 Å². The summed E-state index contributed by atoms with van der Waals surface area (Å²) in [4.78, 5) is 10.4. The molecule has 5 nitrogen and oxygen atoms in total. The van der Waals surface area contributed by atoms with Gasteiger partial charge in [-0.15, -0.1) is 0 Å². The molecule has 1 N–H and O–H groups in total. The van der Waals surface area contributed by atoms with E-state index in [1.807, 2.05) is 13.8 Å². The molecule has 6 heteroatoms. The van der Waals surface area contributed by atoms with Gasteiger partial charge in [-0.05, 0) is 18.3 Å². The fourth-order valence-electron chi connectivity index (χ4n) is 2.18. The maximum atomic E-state index is 11.8. The Morgan fingerprint density at radius 2 is 1.81 bits per heavy atom. The van der Waals surface area contributed by atoms with E-state index in [0.29, 0.717) is 24.9 Å². The van der Waals surface area contributed by atoms with Crippen molar-refractivity contribution in [2.24, 2.45) is 11.8 Å². The van der Waals surface area contributed by atoms with Gasteiger partial charge in [0.15, 0.2) is 0 Å². The lowest BCUT2D eigenvalue weighted by atomic mass is 9.94. The molecule has 1 aliphatic rings. The van der Waals surface area contributed by atoms with Crippen LogP contribution in [0, 0.1) is 11.8 Å². The molecule has 2 atom stereocenters. The molecule has 1 heterocycles. The van der Waals surface area contributed by atoms with Crippen molar-refractivity contribution < 1.29 is 18.3 Å². The van der Waals surface area contributed by atoms with Gasteiger partial charge in [0, 0.05) is 13.1 Å². The van der Waals surface area contributed by atoms with E-state index >= 15 is 0 Å². The van der Waals surface area contributed by atoms with Gasteiger partial charge in [0.2, 0.25) is 10.0 Å². The fourth-order valence-corrected chi connectivity index (χ4v) is 3.83. The summed E-state index contributed by atoms with van der Waals surface area (Å²) in [5.74, 6) is -0.657. The van der Waals surface area contributed by atoms with Crippen molar-refractivity contribution in [2.75, 3.05) is 18.8 Å². The predicted octanol–water partition coefficient (Wildman–Crippen LogP) is 0.769. The van der Waals surface area contributed by atoms with Crippen molar-refractivity contribution in [3.8, 4) is 0 Å². The first-order valence-corrected chi connectivity index (χ1v) is 7.12. The standard InChI is InChI=1S/C10H19NO4S/c1-8-5-9(2)7-11(6-8)16(14,15)4-3-10(12)13/h8-9H,3-7H2,1-2H3,(H,12,13). The third-order valence-electron chi connectivity index (χ3n) is 2.80. The van der Waals surface area contributed by atoms with E-state index in [1.54, 1.807) is 0 Å². The molecule has 0 spiro atoms. The largest absolute Gasteiger partial charge is 0.481 e. The van der Waals surface area contributed by atoms with E-state index in [0.717, 1.165) is 6.42 Å². The van der Waals surface area contributed by atoms with E-state index in [1.165, 1.54) is 4.31 Å². The second kappa shape index (κ2) is 5.14. The third kappa shape index (κ3) is 3.75. The third-order valence-corrected chi connectivity index (χ3v) is 4.61. The highest BCUT2D eigenvalue weighted by Gasteiger charge is 2.30. The number of hydrogen-bond acceptors (Lipinski definition) is 3. The first-order chi connectivity index (χ1) is 7.31. The molecular weight excluding hydrogens is 230 g/mol. The van der Waals surface area contributed by atoms with Crippen LogP contribution in [-0.4, -0.2) is 42.6 Å². The van der Waals surface area contributed by atoms with Gasteiger partial charge in [0.25, 0.3) is 0 Å². The van der Waals surface area contributed by atoms with Gasteiger partial charge in [0.05, 0.1) is 12.2 Å². The smallest absolute Gasteiger partial charge is 0.304 e. The molecule has 0 radical (unpaired) electrons. The molecule has 0 saturated carbocycles. The normalized spacial score (nSPS) is 27.9. The number of hydrogen-bond donors (Lipinski definition) is 1. The number of carbonyl (C=O) groups is 1. The number of rotatable bonds is 4. The van der Waals surface area contributed by atoms with Crippen molar-refractivity contribution >= 4 is 16.0 Å². The SMILES string of the molecule is CC1CC(C)CN(S(=O)(=O)CCC(=O)O)C1. The maximum absolute atomic E-state index is 11.8. The molecule has 1 saturated heterocycles. The highest BCUT2D eigenvalue weighted by molar-refractivity contribution is 7.89. The summed E-state index contributed by atoms with van der Waals surface area (Å²) in [6.07, 6.45) is 0.715. The molecule has 16 heavy (non-hydrogen) atoms. The average molecular weight is 249 g/mol. The molecule has 0 bridgehead atoms. The Balaban J connectivity index is 2.64. The molecule has 0 aromatic carbocycles. The first kappa shape index (κ1) is 13.4. The predicted molar refractivity (Wildman–Crippen MR) is 60.6 cm³/mol. The lowest BCUT2D eigenvalue weighted by molar-refractivity contribution is -0.136. The van der Waals surface area contributed by atoms with Gasteiger partial charge in [-0.1, -0.05) is 13.8 Å². The molecule has 94 valence electrons. The molecule has 0 aromatic heterocycles. The Morgan fingerprint density at radius 1 is 1.31 bits per heavy atom. The van der Waals surface area contributed by atoms with Crippen LogP contribution in [0.5, 0.6) is 0 Å². The van der Waals surface area contributed by atoms with Crippen molar-refractivity contribution in [2.45, 2.75) is 26.7 Å². The van der Waals surface area contributed by atoms with Gasteiger partial charge in [0.1, 0.15) is 0 Å². The molecule has 0 aromatic rings.